The lowest BCUT2D eigenvalue weighted by atomic mass is 9.99. The molecular formula is C24H22ClN3O3S. The van der Waals surface area contributed by atoms with E-state index >= 15 is 0 Å². The van der Waals surface area contributed by atoms with Crippen LogP contribution in [0.15, 0.2) is 35.0 Å². The van der Waals surface area contributed by atoms with Gasteiger partial charge in [-0.2, -0.15) is 0 Å². The number of benzene rings is 1. The van der Waals surface area contributed by atoms with Gasteiger partial charge in [-0.3, -0.25) is 4.98 Å². The zero-order valence-electron chi connectivity index (χ0n) is 17.5. The van der Waals surface area contributed by atoms with Crippen molar-refractivity contribution in [2.45, 2.75) is 44.9 Å². The van der Waals surface area contributed by atoms with E-state index in [-0.39, 0.29) is 6.10 Å². The summed E-state index contributed by atoms with van der Waals surface area (Å²) in [5.74, 6) is 1.63. The number of hydrogen-bond acceptors (Lipinski definition) is 7. The van der Waals surface area contributed by atoms with Crippen molar-refractivity contribution in [3.05, 3.63) is 62.9 Å². The highest BCUT2D eigenvalue weighted by Crippen LogP contribution is 2.48. The van der Waals surface area contributed by atoms with Gasteiger partial charge in [-0.05, 0) is 30.7 Å². The Morgan fingerprint density at radius 2 is 2.22 bits per heavy atom. The average Bonchev–Trinajstić information content (AvgIpc) is 3.53. The van der Waals surface area contributed by atoms with Crippen molar-refractivity contribution in [1.82, 2.24) is 15.5 Å². The number of nitrogens with one attached hydrogen (secondary N) is 1. The number of thiophene rings is 1. The summed E-state index contributed by atoms with van der Waals surface area (Å²) in [5.41, 5.74) is 6.01. The highest BCUT2D eigenvalue weighted by Gasteiger charge is 2.34. The number of ether oxygens (including phenoxy) is 1. The van der Waals surface area contributed by atoms with Crippen molar-refractivity contribution < 1.29 is 14.4 Å². The van der Waals surface area contributed by atoms with Gasteiger partial charge in [-0.1, -0.05) is 23.7 Å². The molecule has 0 aliphatic carbocycles. The third-order valence-electron chi connectivity index (χ3n) is 6.27. The third kappa shape index (κ3) is 3.23. The molecule has 0 amide bonds. The summed E-state index contributed by atoms with van der Waals surface area (Å²) in [6.07, 6.45) is 3.30. The zero-order valence-corrected chi connectivity index (χ0v) is 19.1. The minimum absolute atomic E-state index is 0.225. The molecule has 0 spiro atoms. The number of pyridine rings is 1. The van der Waals surface area contributed by atoms with Crippen LogP contribution in [-0.4, -0.2) is 21.8 Å². The number of hydrogen-bond donors (Lipinski definition) is 2. The van der Waals surface area contributed by atoms with E-state index in [0.29, 0.717) is 17.9 Å². The van der Waals surface area contributed by atoms with E-state index in [0.717, 1.165) is 74.1 Å². The van der Waals surface area contributed by atoms with E-state index in [1.54, 1.807) is 17.5 Å². The molecule has 0 radical (unpaired) electrons. The first kappa shape index (κ1) is 20.2. The number of aromatic nitrogens is 2. The Labute approximate surface area is 194 Å². The van der Waals surface area contributed by atoms with Crippen molar-refractivity contribution in [1.29, 1.82) is 0 Å². The van der Waals surface area contributed by atoms with Gasteiger partial charge in [0.2, 0.25) is 0 Å². The molecule has 5 heterocycles. The summed E-state index contributed by atoms with van der Waals surface area (Å²) < 4.78 is 13.3. The maximum absolute atomic E-state index is 10.3. The first-order chi connectivity index (χ1) is 15.6. The maximum atomic E-state index is 10.3. The summed E-state index contributed by atoms with van der Waals surface area (Å²) in [4.78, 5) is 5.44. The van der Waals surface area contributed by atoms with E-state index < -0.39 is 6.10 Å². The monoisotopic (exact) mass is 467 g/mol. The van der Waals surface area contributed by atoms with Gasteiger partial charge in [0.15, 0.2) is 11.9 Å². The number of rotatable bonds is 4. The Hall–Kier alpha value is -2.45. The zero-order chi connectivity index (χ0) is 21.8. The summed E-state index contributed by atoms with van der Waals surface area (Å²) in [6, 6.07) is 7.88. The first-order valence-corrected chi connectivity index (χ1v) is 12.1. The van der Waals surface area contributed by atoms with Gasteiger partial charge >= 0.3 is 0 Å². The molecule has 4 aromatic rings. The van der Waals surface area contributed by atoms with Crippen LogP contribution in [0, 0.1) is 0 Å². The lowest BCUT2D eigenvalue weighted by Gasteiger charge is -2.15. The first-order valence-electron chi connectivity index (χ1n) is 10.9. The molecular weight excluding hydrogens is 446 g/mol. The normalized spacial score (nSPS) is 18.4. The van der Waals surface area contributed by atoms with Crippen molar-refractivity contribution in [2.24, 2.45) is 0 Å². The summed E-state index contributed by atoms with van der Waals surface area (Å²) in [6.45, 7) is 3.64. The maximum Gasteiger partial charge on any atom is 0.182 e. The Morgan fingerprint density at radius 3 is 3.09 bits per heavy atom. The molecule has 0 saturated carbocycles. The smallest absolute Gasteiger partial charge is 0.182 e. The molecule has 3 aromatic heterocycles. The quantitative estimate of drug-likeness (QED) is 0.420. The van der Waals surface area contributed by atoms with Crippen molar-refractivity contribution in [2.75, 3.05) is 6.54 Å². The Balaban J connectivity index is 1.44. The lowest BCUT2D eigenvalue weighted by molar-refractivity contribution is 0.177. The van der Waals surface area contributed by atoms with Gasteiger partial charge in [0.05, 0.1) is 22.0 Å². The molecule has 2 N–H and O–H groups in total. The minimum atomic E-state index is -0.487. The van der Waals surface area contributed by atoms with E-state index in [9.17, 15) is 5.11 Å². The molecule has 2 aliphatic rings. The van der Waals surface area contributed by atoms with Crippen LogP contribution in [0.5, 0.6) is 5.75 Å². The van der Waals surface area contributed by atoms with Crippen LogP contribution in [-0.2, 0) is 19.4 Å². The highest BCUT2D eigenvalue weighted by molar-refractivity contribution is 7.19. The molecule has 164 valence electrons. The molecule has 6 rings (SSSR count). The molecule has 0 saturated heterocycles. The van der Waals surface area contributed by atoms with Gasteiger partial charge in [0.25, 0.3) is 0 Å². The van der Waals surface area contributed by atoms with Gasteiger partial charge in [0.1, 0.15) is 5.75 Å². The SMILES string of the molecule is CC[C@H](O)c1cc2nccc(-c3cc(Cl)cc4c3O[C@@H](c3onc5c3CNCC5)C4)c2s1. The van der Waals surface area contributed by atoms with Crippen LogP contribution in [0.25, 0.3) is 21.3 Å². The van der Waals surface area contributed by atoms with Crippen molar-refractivity contribution in [3.63, 3.8) is 0 Å². The predicted octanol–water partition coefficient (Wildman–Crippen LogP) is 5.37. The summed E-state index contributed by atoms with van der Waals surface area (Å²) in [5, 5.41) is 18.7. The second-order valence-corrected chi connectivity index (χ2v) is 9.82. The van der Waals surface area contributed by atoms with Crippen molar-refractivity contribution in [3.8, 4) is 16.9 Å². The predicted molar refractivity (Wildman–Crippen MR) is 124 cm³/mol. The fourth-order valence-corrected chi connectivity index (χ4v) is 6.07. The summed E-state index contributed by atoms with van der Waals surface area (Å²) >= 11 is 8.11. The number of aliphatic hydroxyl groups is 1. The van der Waals surface area contributed by atoms with Gasteiger partial charge in [-0.25, -0.2) is 0 Å². The number of fused-ring (bicyclic) bond motifs is 3. The molecule has 0 bridgehead atoms. The molecule has 32 heavy (non-hydrogen) atoms. The van der Waals surface area contributed by atoms with Crippen LogP contribution in [0.3, 0.4) is 0 Å². The van der Waals surface area contributed by atoms with Crippen LogP contribution >= 0.6 is 22.9 Å². The molecule has 2 atom stereocenters. The molecule has 8 heteroatoms. The Morgan fingerprint density at radius 1 is 1.31 bits per heavy atom. The minimum Gasteiger partial charge on any atom is -0.481 e. The van der Waals surface area contributed by atoms with E-state index in [4.69, 9.17) is 20.9 Å². The second kappa shape index (κ2) is 7.85. The van der Waals surface area contributed by atoms with Gasteiger partial charge in [-0.15, -0.1) is 11.3 Å². The van der Waals surface area contributed by atoms with E-state index in [2.05, 4.69) is 15.5 Å². The van der Waals surface area contributed by atoms with Crippen LogP contribution in [0.4, 0.5) is 0 Å². The molecule has 0 fully saturated rings. The lowest BCUT2D eigenvalue weighted by Crippen LogP contribution is -2.24. The van der Waals surface area contributed by atoms with Crippen LogP contribution < -0.4 is 10.1 Å². The molecule has 6 nitrogen and oxygen atoms in total. The van der Waals surface area contributed by atoms with E-state index in [1.165, 1.54) is 0 Å². The fourth-order valence-electron chi connectivity index (χ4n) is 4.62. The average molecular weight is 468 g/mol. The van der Waals surface area contributed by atoms with Crippen LogP contribution in [0.2, 0.25) is 5.02 Å². The van der Waals surface area contributed by atoms with E-state index in [1.807, 2.05) is 31.2 Å². The number of aliphatic hydroxyl groups excluding tert-OH is 1. The number of halogens is 1. The number of nitrogens with zero attached hydrogens (tertiary/aromatic N) is 2. The second-order valence-electron chi connectivity index (χ2n) is 8.30. The van der Waals surface area contributed by atoms with Gasteiger partial charge in [0, 0.05) is 64.3 Å². The third-order valence-corrected chi connectivity index (χ3v) is 7.74. The largest absolute Gasteiger partial charge is 0.481 e. The topological polar surface area (TPSA) is 80.4 Å². The standard InChI is InChI=1S/C24H22ClN3O3S/c1-2-19(29)21-10-18-24(32-21)14(3-6-27-18)15-9-13(25)7-12-8-20(30-22(12)15)23-16-11-26-5-4-17(16)28-31-23/h3,6-7,9-10,19-20,26,29H,2,4-5,8,11H2,1H3/t19-,20+/m0/s1. The molecule has 1 aromatic carbocycles. The fraction of sp³-hybridized carbons (Fsp3) is 0.333. The molecule has 0 unspecified atom stereocenters. The molecule has 2 aliphatic heterocycles. The van der Waals surface area contributed by atoms with Crippen molar-refractivity contribution >= 4 is 33.2 Å². The highest BCUT2D eigenvalue weighted by atomic mass is 35.5. The van der Waals surface area contributed by atoms with Crippen LogP contribution in [0.1, 0.15) is 53.0 Å². The van der Waals surface area contributed by atoms with Gasteiger partial charge < -0.3 is 19.7 Å². The Kier molecular flexibility index (Phi) is 4.95. The summed E-state index contributed by atoms with van der Waals surface area (Å²) in [7, 11) is 0. The Bertz CT molecular complexity index is 1330.